The molecule has 0 radical (unpaired) electrons. The van der Waals surface area contributed by atoms with Gasteiger partial charge in [-0.1, -0.05) is 0 Å². The summed E-state index contributed by atoms with van der Waals surface area (Å²) in [5, 5.41) is 3.23. The van der Waals surface area contributed by atoms with E-state index in [2.05, 4.69) is 5.32 Å². The van der Waals surface area contributed by atoms with E-state index in [0.717, 1.165) is 18.3 Å². The van der Waals surface area contributed by atoms with E-state index in [1.807, 2.05) is 0 Å². The highest BCUT2D eigenvalue weighted by atomic mass is 16.5. The van der Waals surface area contributed by atoms with Crippen molar-refractivity contribution in [2.45, 2.75) is 44.6 Å². The molecule has 0 saturated heterocycles. The molecule has 5 heteroatoms. The van der Waals surface area contributed by atoms with Crippen LogP contribution < -0.4 is 5.32 Å². The number of esters is 1. The first kappa shape index (κ1) is 15.4. The number of hydrogen-bond donors (Lipinski definition) is 1. The average molecular weight is 381 g/mol. The smallest absolute Gasteiger partial charge is 0.313 e. The average Bonchev–Trinajstić information content (AvgIpc) is 3.17. The minimum atomic E-state index is -0.507. The number of carbonyl (C=O) groups excluding carboxylic acids is 3. The molecule has 10 saturated carbocycles. The van der Waals surface area contributed by atoms with Gasteiger partial charge in [-0.3, -0.25) is 14.4 Å². The van der Waals surface area contributed by atoms with Crippen molar-refractivity contribution in [2.24, 2.45) is 70.5 Å². The Balaban J connectivity index is 0.949. The zero-order valence-electron chi connectivity index (χ0n) is 16.0. The molecule has 8 unspecified atom stereocenters. The second kappa shape index (κ2) is 4.52. The van der Waals surface area contributed by atoms with E-state index in [1.165, 1.54) is 32.1 Å². The predicted octanol–water partition coefficient (Wildman–Crippen LogP) is 1.80. The van der Waals surface area contributed by atoms with E-state index in [1.54, 1.807) is 0 Å². The van der Waals surface area contributed by atoms with Crippen LogP contribution >= 0.6 is 0 Å². The lowest BCUT2D eigenvalue weighted by atomic mass is 9.32. The fourth-order valence-corrected chi connectivity index (χ4v) is 11.0. The lowest BCUT2D eigenvalue weighted by Crippen LogP contribution is -2.74. The quantitative estimate of drug-likeness (QED) is 0.754. The zero-order valence-corrected chi connectivity index (χ0v) is 16.0. The van der Waals surface area contributed by atoms with Crippen molar-refractivity contribution in [1.29, 1.82) is 0 Å². The third kappa shape index (κ3) is 1.38. The van der Waals surface area contributed by atoms with Crippen LogP contribution in [0.15, 0.2) is 0 Å². The first-order chi connectivity index (χ1) is 13.6. The Kier molecular flexibility index (Phi) is 2.49. The Labute approximate surface area is 164 Å². The second-order valence-electron chi connectivity index (χ2n) is 11.6. The summed E-state index contributed by atoms with van der Waals surface area (Å²) in [6, 6.07) is 0.287. The lowest BCUT2D eigenvalue weighted by Gasteiger charge is -2.69. The summed E-state index contributed by atoms with van der Waals surface area (Å²) in [5.74, 6) is 5.41. The van der Waals surface area contributed by atoms with Crippen LogP contribution in [-0.4, -0.2) is 30.3 Å². The molecule has 148 valence electrons. The molecule has 0 aromatic heterocycles. The number of ether oxygens (including phenoxy) is 1. The van der Waals surface area contributed by atoms with Gasteiger partial charge in [0.25, 0.3) is 5.91 Å². The Bertz CT molecular complexity index is 824. The van der Waals surface area contributed by atoms with Crippen LogP contribution in [0, 0.1) is 70.5 Å². The van der Waals surface area contributed by atoms with Crippen LogP contribution in [0.1, 0.15) is 38.5 Å². The van der Waals surface area contributed by atoms with Gasteiger partial charge >= 0.3 is 5.97 Å². The molecule has 0 aliphatic heterocycles. The van der Waals surface area contributed by atoms with E-state index in [-0.39, 0.29) is 42.3 Å². The maximum Gasteiger partial charge on any atom is 0.313 e. The van der Waals surface area contributed by atoms with Gasteiger partial charge in [-0.2, -0.15) is 0 Å². The van der Waals surface area contributed by atoms with Gasteiger partial charge in [0.2, 0.25) is 0 Å². The van der Waals surface area contributed by atoms with Gasteiger partial charge in [-0.05, 0) is 91.8 Å². The molecular formula is C23H27NO4. The minimum Gasteiger partial charge on any atom is -0.455 e. The summed E-state index contributed by atoms with van der Waals surface area (Å²) >= 11 is 0. The highest BCUT2D eigenvalue weighted by Crippen LogP contribution is 2.92. The summed E-state index contributed by atoms with van der Waals surface area (Å²) in [4.78, 5) is 38.3. The molecular weight excluding hydrogens is 354 g/mol. The number of amides is 1. The van der Waals surface area contributed by atoms with Crippen LogP contribution in [-0.2, 0) is 19.1 Å². The van der Waals surface area contributed by atoms with E-state index in [0.29, 0.717) is 41.3 Å². The van der Waals surface area contributed by atoms with Crippen molar-refractivity contribution < 1.29 is 19.1 Å². The third-order valence-corrected chi connectivity index (χ3v) is 11.1. The maximum atomic E-state index is 13.0. The summed E-state index contributed by atoms with van der Waals surface area (Å²) in [6.07, 6.45) is 7.62. The summed E-state index contributed by atoms with van der Waals surface area (Å²) in [7, 11) is 0. The molecule has 0 aromatic rings. The highest BCUT2D eigenvalue weighted by Gasteiger charge is 2.96. The monoisotopic (exact) mass is 381 g/mol. The molecule has 10 aliphatic rings. The van der Waals surface area contributed by atoms with Crippen LogP contribution in [0.3, 0.4) is 0 Å². The Hall–Kier alpha value is -1.39. The number of nitrogens with one attached hydrogen (secondary N) is 1. The first-order valence-electron chi connectivity index (χ1n) is 11.6. The molecule has 0 heterocycles. The summed E-state index contributed by atoms with van der Waals surface area (Å²) in [5.41, 5.74) is -0.507. The molecule has 5 nitrogen and oxygen atoms in total. The van der Waals surface area contributed by atoms with Gasteiger partial charge in [0.1, 0.15) is 5.78 Å². The Morgan fingerprint density at radius 3 is 2.36 bits per heavy atom. The van der Waals surface area contributed by atoms with Crippen molar-refractivity contribution >= 4 is 17.7 Å². The SMILES string of the molecule is O=C(COC(=O)C12C3C(=O)C4C5CC(C41)C2C53)NC1C2CC3CC(C2)CC1C3. The molecule has 8 bridgehead atoms. The second-order valence-corrected chi connectivity index (χ2v) is 11.6. The van der Waals surface area contributed by atoms with Crippen LogP contribution in [0.4, 0.5) is 0 Å². The first-order valence-corrected chi connectivity index (χ1v) is 11.6. The van der Waals surface area contributed by atoms with Gasteiger partial charge in [0, 0.05) is 17.9 Å². The van der Waals surface area contributed by atoms with Crippen molar-refractivity contribution in [3.8, 4) is 0 Å². The zero-order chi connectivity index (χ0) is 18.5. The van der Waals surface area contributed by atoms with Crippen LogP contribution in [0.25, 0.3) is 0 Å². The Morgan fingerprint density at radius 1 is 0.964 bits per heavy atom. The fraction of sp³-hybridized carbons (Fsp3) is 0.870. The van der Waals surface area contributed by atoms with Crippen molar-refractivity contribution in [3.05, 3.63) is 0 Å². The maximum absolute atomic E-state index is 13.0. The van der Waals surface area contributed by atoms with Crippen molar-refractivity contribution in [3.63, 3.8) is 0 Å². The van der Waals surface area contributed by atoms with Gasteiger partial charge < -0.3 is 10.1 Å². The van der Waals surface area contributed by atoms with Gasteiger partial charge in [-0.25, -0.2) is 0 Å². The normalized spacial score (nSPS) is 62.1. The van der Waals surface area contributed by atoms with Gasteiger partial charge in [0.15, 0.2) is 6.61 Å². The number of rotatable bonds is 4. The van der Waals surface area contributed by atoms with Crippen molar-refractivity contribution in [2.75, 3.05) is 6.61 Å². The van der Waals surface area contributed by atoms with E-state index < -0.39 is 5.41 Å². The third-order valence-electron chi connectivity index (χ3n) is 11.1. The summed E-state index contributed by atoms with van der Waals surface area (Å²) in [6.45, 7) is -0.160. The molecule has 1 amide bonds. The van der Waals surface area contributed by atoms with E-state index in [9.17, 15) is 14.4 Å². The standard InChI is InChI=1S/C23H27NO4/c25-14(24-20-10-2-8-1-9(4-10)5-11(20)3-8)7-28-22(27)23-17-13-6-12-15(17)19(23)21(26)16(12)18(13)23/h8-13,15-20H,1-7H2,(H,24,25). The molecule has 28 heavy (non-hydrogen) atoms. The molecule has 1 N–H and O–H groups in total. The highest BCUT2D eigenvalue weighted by molar-refractivity contribution is 6.03. The molecule has 0 spiro atoms. The fourth-order valence-electron chi connectivity index (χ4n) is 11.0. The largest absolute Gasteiger partial charge is 0.455 e. The minimum absolute atomic E-state index is 0.0590. The van der Waals surface area contributed by atoms with Gasteiger partial charge in [0.05, 0.1) is 5.41 Å². The summed E-state index contributed by atoms with van der Waals surface area (Å²) < 4.78 is 5.59. The van der Waals surface area contributed by atoms with Crippen molar-refractivity contribution in [1.82, 2.24) is 5.32 Å². The molecule has 0 aromatic carbocycles. The van der Waals surface area contributed by atoms with Gasteiger partial charge in [-0.15, -0.1) is 0 Å². The number of ketones is 1. The number of Topliss-reactive ketones (excluding diaryl/α,β-unsaturated/α-hetero) is 1. The molecule has 10 aliphatic carbocycles. The van der Waals surface area contributed by atoms with Crippen LogP contribution in [0.2, 0.25) is 0 Å². The molecule has 8 atom stereocenters. The topological polar surface area (TPSA) is 72.5 Å². The molecule has 10 rings (SSSR count). The number of carbonyl (C=O) groups is 3. The predicted molar refractivity (Wildman–Crippen MR) is 96.4 cm³/mol. The lowest BCUT2D eigenvalue weighted by molar-refractivity contribution is -0.264. The Morgan fingerprint density at radius 2 is 1.68 bits per heavy atom. The molecule has 10 fully saturated rings. The number of hydrogen-bond acceptors (Lipinski definition) is 4. The van der Waals surface area contributed by atoms with E-state index in [4.69, 9.17) is 4.74 Å². The van der Waals surface area contributed by atoms with E-state index >= 15 is 0 Å². The van der Waals surface area contributed by atoms with Crippen LogP contribution in [0.5, 0.6) is 0 Å².